The summed E-state index contributed by atoms with van der Waals surface area (Å²) in [6.07, 6.45) is 5.82. The van der Waals surface area contributed by atoms with Crippen LogP contribution in [0.15, 0.2) is 18.2 Å². The zero-order valence-corrected chi connectivity index (χ0v) is 10.8. The van der Waals surface area contributed by atoms with Gasteiger partial charge in [0.1, 0.15) is 5.75 Å². The van der Waals surface area contributed by atoms with Gasteiger partial charge in [-0.3, -0.25) is 0 Å². The molecule has 3 nitrogen and oxygen atoms in total. The van der Waals surface area contributed by atoms with Gasteiger partial charge in [0.15, 0.2) is 0 Å². The predicted octanol–water partition coefficient (Wildman–Crippen LogP) is 1.98. The Labute approximate surface area is 109 Å². The molecule has 98 valence electrons. The number of benzene rings is 1. The minimum absolute atomic E-state index is 0.431. The largest absolute Gasteiger partial charge is 0.493 e. The van der Waals surface area contributed by atoms with Crippen molar-refractivity contribution in [2.24, 2.45) is 5.73 Å². The van der Waals surface area contributed by atoms with Gasteiger partial charge in [-0.2, -0.15) is 0 Å². The van der Waals surface area contributed by atoms with Crippen LogP contribution in [0.2, 0.25) is 0 Å². The highest BCUT2D eigenvalue weighted by atomic mass is 16.5. The van der Waals surface area contributed by atoms with Gasteiger partial charge in [-0.1, -0.05) is 12.1 Å². The van der Waals surface area contributed by atoms with Gasteiger partial charge in [0.2, 0.25) is 0 Å². The van der Waals surface area contributed by atoms with Gasteiger partial charge in [0, 0.05) is 25.0 Å². The smallest absolute Gasteiger partial charge is 0.122 e. The van der Waals surface area contributed by atoms with Crippen LogP contribution in [0.3, 0.4) is 0 Å². The highest BCUT2D eigenvalue weighted by molar-refractivity contribution is 5.39. The zero-order chi connectivity index (χ0) is 12.4. The fourth-order valence-electron chi connectivity index (χ4n) is 2.94. The SMILES string of the molecule is NC1CCC(NCc2ccc3c(c2)CCO3)CC1. The lowest BCUT2D eigenvalue weighted by atomic mass is 9.91. The first kappa shape index (κ1) is 12.0. The van der Waals surface area contributed by atoms with Crippen molar-refractivity contribution in [3.63, 3.8) is 0 Å². The van der Waals surface area contributed by atoms with Gasteiger partial charge in [-0.25, -0.2) is 0 Å². The highest BCUT2D eigenvalue weighted by Crippen LogP contribution is 2.26. The average Bonchev–Trinajstić information content (AvgIpc) is 2.85. The topological polar surface area (TPSA) is 47.3 Å². The third-order valence-corrected chi connectivity index (χ3v) is 4.12. The number of hydrogen-bond acceptors (Lipinski definition) is 3. The lowest BCUT2D eigenvalue weighted by molar-refractivity contribution is 0.341. The summed E-state index contributed by atoms with van der Waals surface area (Å²) in [7, 11) is 0. The molecular formula is C15H22N2O. The summed E-state index contributed by atoms with van der Waals surface area (Å²) in [6.45, 7) is 1.81. The van der Waals surface area contributed by atoms with Gasteiger partial charge in [-0.05, 0) is 42.9 Å². The van der Waals surface area contributed by atoms with E-state index in [0.717, 1.165) is 38.2 Å². The van der Waals surface area contributed by atoms with E-state index in [1.807, 2.05) is 0 Å². The van der Waals surface area contributed by atoms with Crippen molar-refractivity contribution in [2.45, 2.75) is 50.7 Å². The maximum atomic E-state index is 5.92. The standard InChI is InChI=1S/C15H22N2O/c16-13-2-4-14(5-3-13)17-10-11-1-6-15-12(9-11)7-8-18-15/h1,6,9,13-14,17H,2-5,7-8,10,16H2. The monoisotopic (exact) mass is 246 g/mol. The van der Waals surface area contributed by atoms with Crippen LogP contribution >= 0.6 is 0 Å². The summed E-state index contributed by atoms with van der Waals surface area (Å²) in [5.74, 6) is 1.07. The molecule has 1 aromatic carbocycles. The molecule has 18 heavy (non-hydrogen) atoms. The molecule has 3 rings (SSSR count). The van der Waals surface area contributed by atoms with Gasteiger partial charge < -0.3 is 15.8 Å². The number of nitrogens with one attached hydrogen (secondary N) is 1. The van der Waals surface area contributed by atoms with Gasteiger partial charge >= 0.3 is 0 Å². The molecule has 0 saturated heterocycles. The van der Waals surface area contributed by atoms with Gasteiger partial charge in [0.05, 0.1) is 6.61 Å². The minimum atomic E-state index is 0.431. The van der Waals surface area contributed by atoms with Crippen molar-refractivity contribution >= 4 is 0 Å². The van der Waals surface area contributed by atoms with E-state index in [1.165, 1.54) is 24.0 Å². The Bertz CT molecular complexity index is 411. The molecule has 1 aromatic rings. The summed E-state index contributed by atoms with van der Waals surface area (Å²) in [6, 6.07) is 7.64. The summed E-state index contributed by atoms with van der Waals surface area (Å²) in [5.41, 5.74) is 8.65. The Kier molecular flexibility index (Phi) is 3.52. The Morgan fingerprint density at radius 2 is 2.06 bits per heavy atom. The predicted molar refractivity (Wildman–Crippen MR) is 72.7 cm³/mol. The average molecular weight is 246 g/mol. The van der Waals surface area contributed by atoms with Crippen LogP contribution in [0.4, 0.5) is 0 Å². The summed E-state index contributed by atoms with van der Waals surface area (Å²) < 4.78 is 5.53. The molecule has 0 spiro atoms. The first-order valence-corrected chi connectivity index (χ1v) is 7.05. The molecule has 2 aliphatic rings. The van der Waals surface area contributed by atoms with E-state index in [9.17, 15) is 0 Å². The quantitative estimate of drug-likeness (QED) is 0.857. The normalized spacial score (nSPS) is 26.7. The van der Waals surface area contributed by atoms with E-state index in [0.29, 0.717) is 12.1 Å². The second-order valence-electron chi connectivity index (χ2n) is 5.53. The van der Waals surface area contributed by atoms with Crippen molar-refractivity contribution in [2.75, 3.05) is 6.61 Å². The number of ether oxygens (including phenoxy) is 1. The Morgan fingerprint density at radius 3 is 2.89 bits per heavy atom. The van der Waals surface area contributed by atoms with E-state index in [-0.39, 0.29) is 0 Å². The highest BCUT2D eigenvalue weighted by Gasteiger charge is 2.18. The number of fused-ring (bicyclic) bond motifs is 1. The van der Waals surface area contributed by atoms with Crippen LogP contribution in [0.1, 0.15) is 36.8 Å². The summed E-state index contributed by atoms with van der Waals surface area (Å²) in [4.78, 5) is 0. The molecule has 1 aliphatic carbocycles. The molecule has 1 aliphatic heterocycles. The van der Waals surface area contributed by atoms with Crippen LogP contribution in [0.25, 0.3) is 0 Å². The zero-order valence-electron chi connectivity index (χ0n) is 10.8. The summed E-state index contributed by atoms with van der Waals surface area (Å²) in [5, 5.41) is 3.65. The van der Waals surface area contributed by atoms with Crippen molar-refractivity contribution < 1.29 is 4.74 Å². The lowest BCUT2D eigenvalue weighted by Crippen LogP contribution is -2.37. The Morgan fingerprint density at radius 1 is 1.22 bits per heavy atom. The maximum absolute atomic E-state index is 5.92. The Balaban J connectivity index is 1.54. The molecule has 1 fully saturated rings. The molecule has 1 saturated carbocycles. The molecule has 0 radical (unpaired) electrons. The maximum Gasteiger partial charge on any atom is 0.122 e. The number of hydrogen-bond donors (Lipinski definition) is 2. The van der Waals surface area contributed by atoms with Crippen molar-refractivity contribution in [1.82, 2.24) is 5.32 Å². The van der Waals surface area contributed by atoms with Crippen molar-refractivity contribution in [3.05, 3.63) is 29.3 Å². The fraction of sp³-hybridized carbons (Fsp3) is 0.600. The molecule has 3 N–H and O–H groups in total. The fourth-order valence-corrected chi connectivity index (χ4v) is 2.94. The number of rotatable bonds is 3. The van der Waals surface area contributed by atoms with Crippen LogP contribution in [-0.2, 0) is 13.0 Å². The van der Waals surface area contributed by atoms with Crippen molar-refractivity contribution in [1.29, 1.82) is 0 Å². The van der Waals surface area contributed by atoms with Crippen LogP contribution in [-0.4, -0.2) is 18.7 Å². The molecule has 0 atom stereocenters. The minimum Gasteiger partial charge on any atom is -0.493 e. The third-order valence-electron chi connectivity index (χ3n) is 4.12. The van der Waals surface area contributed by atoms with E-state index in [1.54, 1.807) is 0 Å². The molecule has 0 amide bonds. The molecular weight excluding hydrogens is 224 g/mol. The summed E-state index contributed by atoms with van der Waals surface area (Å²) >= 11 is 0. The van der Waals surface area contributed by atoms with E-state index in [4.69, 9.17) is 10.5 Å². The lowest BCUT2D eigenvalue weighted by Gasteiger charge is -2.27. The van der Waals surface area contributed by atoms with E-state index >= 15 is 0 Å². The molecule has 3 heteroatoms. The van der Waals surface area contributed by atoms with Crippen LogP contribution in [0.5, 0.6) is 5.75 Å². The van der Waals surface area contributed by atoms with Crippen molar-refractivity contribution in [3.8, 4) is 5.75 Å². The number of nitrogens with two attached hydrogens (primary N) is 1. The molecule has 0 aromatic heterocycles. The third kappa shape index (κ3) is 2.68. The molecule has 0 bridgehead atoms. The molecule has 0 unspecified atom stereocenters. The Hall–Kier alpha value is -1.06. The second-order valence-corrected chi connectivity index (χ2v) is 5.53. The van der Waals surface area contributed by atoms with E-state index < -0.39 is 0 Å². The van der Waals surface area contributed by atoms with Crippen LogP contribution < -0.4 is 15.8 Å². The first-order chi connectivity index (χ1) is 8.81. The second kappa shape index (κ2) is 5.29. The van der Waals surface area contributed by atoms with Gasteiger partial charge in [0.25, 0.3) is 0 Å². The van der Waals surface area contributed by atoms with Crippen LogP contribution in [0, 0.1) is 0 Å². The molecule has 1 heterocycles. The first-order valence-electron chi connectivity index (χ1n) is 7.05. The van der Waals surface area contributed by atoms with Gasteiger partial charge in [-0.15, -0.1) is 0 Å². The van der Waals surface area contributed by atoms with E-state index in [2.05, 4.69) is 23.5 Å².